The molecule has 0 amide bonds. The highest BCUT2D eigenvalue weighted by molar-refractivity contribution is 4.93. The molecule has 1 aliphatic carbocycles. The maximum Gasteiger partial charge on any atom is 0.0844 e. The first-order valence-electron chi connectivity index (χ1n) is 5.60. The first kappa shape index (κ1) is 8.25. The van der Waals surface area contributed by atoms with Crippen molar-refractivity contribution in [3.8, 4) is 0 Å². The average molecular weight is 182 g/mol. The second kappa shape index (κ2) is 2.96. The van der Waals surface area contributed by atoms with E-state index in [1.807, 2.05) is 0 Å². The number of hydrogen-bond acceptors (Lipinski definition) is 2. The SMILES string of the molecule is CC(CC1CO1)C1CCC2OC2C1. The van der Waals surface area contributed by atoms with Crippen LogP contribution in [0.5, 0.6) is 0 Å². The molecule has 0 spiro atoms. The van der Waals surface area contributed by atoms with E-state index in [-0.39, 0.29) is 0 Å². The van der Waals surface area contributed by atoms with Crippen LogP contribution in [-0.2, 0) is 9.47 Å². The van der Waals surface area contributed by atoms with Crippen LogP contribution in [0, 0.1) is 11.8 Å². The van der Waals surface area contributed by atoms with Gasteiger partial charge in [0.05, 0.1) is 24.9 Å². The van der Waals surface area contributed by atoms with Gasteiger partial charge in [-0.2, -0.15) is 0 Å². The minimum Gasteiger partial charge on any atom is -0.373 e. The third-order valence-electron chi connectivity index (χ3n) is 3.89. The van der Waals surface area contributed by atoms with E-state index in [4.69, 9.17) is 9.47 Å². The molecule has 5 unspecified atom stereocenters. The van der Waals surface area contributed by atoms with Gasteiger partial charge in [0, 0.05) is 0 Å². The molecule has 74 valence electrons. The van der Waals surface area contributed by atoms with E-state index in [1.54, 1.807) is 0 Å². The molecule has 5 atom stereocenters. The van der Waals surface area contributed by atoms with Crippen LogP contribution >= 0.6 is 0 Å². The van der Waals surface area contributed by atoms with Gasteiger partial charge in [-0.15, -0.1) is 0 Å². The van der Waals surface area contributed by atoms with Crippen LogP contribution in [0.25, 0.3) is 0 Å². The minimum absolute atomic E-state index is 0.604. The van der Waals surface area contributed by atoms with Gasteiger partial charge in [-0.05, 0) is 37.5 Å². The molecule has 0 radical (unpaired) electrons. The summed E-state index contributed by atoms with van der Waals surface area (Å²) in [6.07, 6.45) is 7.19. The Labute approximate surface area is 79.6 Å². The molecule has 0 aromatic rings. The fraction of sp³-hybridized carbons (Fsp3) is 1.00. The lowest BCUT2D eigenvalue weighted by atomic mass is 9.79. The van der Waals surface area contributed by atoms with Crippen molar-refractivity contribution in [1.29, 1.82) is 0 Å². The third kappa shape index (κ3) is 1.75. The third-order valence-corrected chi connectivity index (χ3v) is 3.89. The van der Waals surface area contributed by atoms with Crippen LogP contribution in [0.15, 0.2) is 0 Å². The lowest BCUT2D eigenvalue weighted by Crippen LogP contribution is -2.21. The van der Waals surface area contributed by atoms with E-state index in [2.05, 4.69) is 6.92 Å². The highest BCUT2D eigenvalue weighted by atomic mass is 16.6. The average Bonchev–Trinajstić information content (AvgIpc) is 2.98. The Morgan fingerprint density at radius 2 is 2.15 bits per heavy atom. The molecule has 2 heterocycles. The van der Waals surface area contributed by atoms with E-state index in [0.717, 1.165) is 18.4 Å². The quantitative estimate of drug-likeness (QED) is 0.623. The molecule has 2 heteroatoms. The van der Waals surface area contributed by atoms with E-state index in [1.165, 1.54) is 25.7 Å². The lowest BCUT2D eigenvalue weighted by molar-refractivity contribution is 0.245. The van der Waals surface area contributed by atoms with Crippen LogP contribution in [-0.4, -0.2) is 24.9 Å². The van der Waals surface area contributed by atoms with Gasteiger partial charge in [0.25, 0.3) is 0 Å². The highest BCUT2D eigenvalue weighted by Gasteiger charge is 2.45. The topological polar surface area (TPSA) is 25.1 Å². The summed E-state index contributed by atoms with van der Waals surface area (Å²) in [4.78, 5) is 0. The van der Waals surface area contributed by atoms with Crippen molar-refractivity contribution in [3.63, 3.8) is 0 Å². The molecule has 3 rings (SSSR count). The molecule has 3 aliphatic rings. The van der Waals surface area contributed by atoms with Gasteiger partial charge < -0.3 is 9.47 Å². The standard InChI is InChI=1S/C11H18O2/c1-7(4-9-6-12-9)8-2-3-10-11(5-8)13-10/h7-11H,2-6H2,1H3. The maximum absolute atomic E-state index is 5.55. The smallest absolute Gasteiger partial charge is 0.0844 e. The molecule has 13 heavy (non-hydrogen) atoms. The van der Waals surface area contributed by atoms with E-state index >= 15 is 0 Å². The van der Waals surface area contributed by atoms with Gasteiger partial charge in [-0.25, -0.2) is 0 Å². The fourth-order valence-electron chi connectivity index (χ4n) is 2.76. The summed E-state index contributed by atoms with van der Waals surface area (Å²) in [7, 11) is 0. The van der Waals surface area contributed by atoms with Crippen LogP contribution in [0.1, 0.15) is 32.6 Å². The zero-order chi connectivity index (χ0) is 8.84. The number of epoxide rings is 2. The van der Waals surface area contributed by atoms with Crippen molar-refractivity contribution < 1.29 is 9.47 Å². The van der Waals surface area contributed by atoms with E-state index in [9.17, 15) is 0 Å². The molecule has 1 saturated carbocycles. The Bertz CT molecular complexity index is 200. The summed E-state index contributed by atoms with van der Waals surface area (Å²) in [5.74, 6) is 1.76. The molecule has 0 aromatic heterocycles. The Morgan fingerprint density at radius 1 is 1.31 bits per heavy atom. The zero-order valence-corrected chi connectivity index (χ0v) is 8.24. The zero-order valence-electron chi connectivity index (χ0n) is 8.24. The van der Waals surface area contributed by atoms with Crippen molar-refractivity contribution >= 4 is 0 Å². The molecule has 0 N–H and O–H groups in total. The normalized spacial score (nSPS) is 49.6. The fourth-order valence-corrected chi connectivity index (χ4v) is 2.76. The predicted molar refractivity (Wildman–Crippen MR) is 49.5 cm³/mol. The molecular weight excluding hydrogens is 164 g/mol. The molecule has 2 nitrogen and oxygen atoms in total. The first-order valence-corrected chi connectivity index (χ1v) is 5.60. The minimum atomic E-state index is 0.604. The summed E-state index contributed by atoms with van der Waals surface area (Å²) in [5.41, 5.74) is 0. The molecule has 2 aliphatic heterocycles. The van der Waals surface area contributed by atoms with Crippen LogP contribution in [0.2, 0.25) is 0 Å². The summed E-state index contributed by atoms with van der Waals surface area (Å²) in [6, 6.07) is 0. The molecule has 2 saturated heterocycles. The molecule has 3 fully saturated rings. The van der Waals surface area contributed by atoms with Gasteiger partial charge in [0.15, 0.2) is 0 Å². The van der Waals surface area contributed by atoms with Crippen molar-refractivity contribution in [1.82, 2.24) is 0 Å². The molecule has 0 bridgehead atoms. The maximum atomic E-state index is 5.55. The van der Waals surface area contributed by atoms with Crippen molar-refractivity contribution in [3.05, 3.63) is 0 Å². The van der Waals surface area contributed by atoms with Gasteiger partial charge in [0.1, 0.15) is 0 Å². The Balaban J connectivity index is 1.51. The predicted octanol–water partition coefficient (Wildman–Crippen LogP) is 1.98. The van der Waals surface area contributed by atoms with Gasteiger partial charge in [0.2, 0.25) is 0 Å². The number of fused-ring (bicyclic) bond motifs is 1. The summed E-state index contributed by atoms with van der Waals surface area (Å²) in [6.45, 7) is 3.40. The van der Waals surface area contributed by atoms with Gasteiger partial charge in [-0.1, -0.05) is 6.92 Å². The largest absolute Gasteiger partial charge is 0.373 e. The second-order valence-electron chi connectivity index (χ2n) is 4.95. The van der Waals surface area contributed by atoms with Crippen LogP contribution < -0.4 is 0 Å². The van der Waals surface area contributed by atoms with Crippen molar-refractivity contribution in [2.45, 2.75) is 50.9 Å². The van der Waals surface area contributed by atoms with Gasteiger partial charge in [-0.3, -0.25) is 0 Å². The van der Waals surface area contributed by atoms with Crippen molar-refractivity contribution in [2.24, 2.45) is 11.8 Å². The number of rotatable bonds is 3. The molecular formula is C11H18O2. The Hall–Kier alpha value is -0.0800. The Kier molecular flexibility index (Phi) is 1.88. The first-order chi connectivity index (χ1) is 6.33. The number of hydrogen-bond donors (Lipinski definition) is 0. The lowest BCUT2D eigenvalue weighted by Gasteiger charge is -2.25. The molecule has 0 aromatic carbocycles. The monoisotopic (exact) mass is 182 g/mol. The van der Waals surface area contributed by atoms with Gasteiger partial charge >= 0.3 is 0 Å². The summed E-state index contributed by atoms with van der Waals surface area (Å²) < 4.78 is 10.8. The summed E-state index contributed by atoms with van der Waals surface area (Å²) in [5, 5.41) is 0. The Morgan fingerprint density at radius 3 is 2.85 bits per heavy atom. The van der Waals surface area contributed by atoms with Crippen LogP contribution in [0.3, 0.4) is 0 Å². The second-order valence-corrected chi connectivity index (χ2v) is 4.95. The number of ether oxygens (including phenoxy) is 2. The van der Waals surface area contributed by atoms with Crippen molar-refractivity contribution in [2.75, 3.05) is 6.61 Å². The highest BCUT2D eigenvalue weighted by Crippen LogP contribution is 2.43. The van der Waals surface area contributed by atoms with Crippen LogP contribution in [0.4, 0.5) is 0 Å². The van der Waals surface area contributed by atoms with E-state index < -0.39 is 0 Å². The van der Waals surface area contributed by atoms with E-state index in [0.29, 0.717) is 18.3 Å². The summed E-state index contributed by atoms with van der Waals surface area (Å²) >= 11 is 0.